The van der Waals surface area contributed by atoms with Crippen LogP contribution >= 0.6 is 0 Å². The van der Waals surface area contributed by atoms with Gasteiger partial charge >= 0.3 is 0 Å². The lowest BCUT2D eigenvalue weighted by atomic mass is 9.83. The first kappa shape index (κ1) is 17.7. The normalized spacial score (nSPS) is 21.2. The van der Waals surface area contributed by atoms with Crippen LogP contribution in [0, 0.1) is 0 Å². The summed E-state index contributed by atoms with van der Waals surface area (Å²) >= 11 is 0. The molecule has 132 valence electrons. The molecule has 2 aromatic carbocycles. The van der Waals surface area contributed by atoms with E-state index >= 15 is 0 Å². The first-order valence-electron chi connectivity index (χ1n) is 9.05. The maximum absolute atomic E-state index is 12.8. The van der Waals surface area contributed by atoms with E-state index < -0.39 is 0 Å². The Morgan fingerprint density at radius 3 is 2.24 bits per heavy atom. The predicted molar refractivity (Wildman–Crippen MR) is 103 cm³/mol. The van der Waals surface area contributed by atoms with Crippen LogP contribution in [0.1, 0.15) is 54.6 Å². The van der Waals surface area contributed by atoms with E-state index in [4.69, 9.17) is 5.73 Å². The van der Waals surface area contributed by atoms with E-state index in [0.29, 0.717) is 12.5 Å². The quantitative estimate of drug-likeness (QED) is 0.903. The Morgan fingerprint density at radius 1 is 1.00 bits per heavy atom. The molecule has 2 atom stereocenters. The number of likely N-dealkylation sites (tertiary alicyclic amines) is 1. The summed E-state index contributed by atoms with van der Waals surface area (Å²) in [5.41, 5.74) is 9.76. The van der Waals surface area contributed by atoms with Gasteiger partial charge in [0.25, 0.3) is 5.91 Å². The van der Waals surface area contributed by atoms with Crippen LogP contribution in [0.5, 0.6) is 0 Å². The number of rotatable bonds is 2. The number of piperidine rings is 1. The lowest BCUT2D eigenvalue weighted by Crippen LogP contribution is -2.48. The van der Waals surface area contributed by atoms with Crippen molar-refractivity contribution in [3.05, 3.63) is 71.3 Å². The van der Waals surface area contributed by atoms with Gasteiger partial charge in [0.1, 0.15) is 0 Å². The first-order chi connectivity index (χ1) is 11.8. The van der Waals surface area contributed by atoms with Gasteiger partial charge in [0.05, 0.1) is 0 Å². The van der Waals surface area contributed by atoms with Gasteiger partial charge < -0.3 is 10.6 Å². The number of nitrogens with two attached hydrogens (primary N) is 1. The van der Waals surface area contributed by atoms with Crippen molar-refractivity contribution >= 4 is 5.91 Å². The molecule has 1 saturated heterocycles. The Kier molecular flexibility index (Phi) is 4.96. The summed E-state index contributed by atoms with van der Waals surface area (Å²) in [6.07, 6.45) is 0.924. The minimum absolute atomic E-state index is 0.0219. The van der Waals surface area contributed by atoms with Crippen molar-refractivity contribution < 1.29 is 4.79 Å². The summed E-state index contributed by atoms with van der Waals surface area (Å²) in [7, 11) is 0. The summed E-state index contributed by atoms with van der Waals surface area (Å²) in [4.78, 5) is 14.7. The molecule has 2 aromatic rings. The fraction of sp³-hybridized carbons (Fsp3) is 0.409. The van der Waals surface area contributed by atoms with Gasteiger partial charge in [-0.05, 0) is 35.1 Å². The lowest BCUT2D eigenvalue weighted by molar-refractivity contribution is 0.0689. The molecule has 25 heavy (non-hydrogen) atoms. The van der Waals surface area contributed by atoms with E-state index in [0.717, 1.165) is 18.5 Å². The van der Waals surface area contributed by atoms with Crippen molar-refractivity contribution in [2.75, 3.05) is 13.1 Å². The third-order valence-corrected chi connectivity index (χ3v) is 5.04. The molecule has 1 amide bonds. The van der Waals surface area contributed by atoms with E-state index in [-0.39, 0.29) is 17.4 Å². The molecule has 3 heteroatoms. The van der Waals surface area contributed by atoms with Gasteiger partial charge in [-0.1, -0.05) is 63.2 Å². The van der Waals surface area contributed by atoms with Crippen LogP contribution in [0.15, 0.2) is 54.6 Å². The number of amides is 1. The molecular weight excluding hydrogens is 308 g/mol. The van der Waals surface area contributed by atoms with Crippen molar-refractivity contribution in [3.63, 3.8) is 0 Å². The molecule has 2 unspecified atom stereocenters. The molecule has 0 bridgehead atoms. The fourth-order valence-electron chi connectivity index (χ4n) is 3.56. The predicted octanol–water partition coefficient (Wildman–Crippen LogP) is 3.94. The van der Waals surface area contributed by atoms with Gasteiger partial charge in [-0.25, -0.2) is 0 Å². The molecule has 0 aliphatic carbocycles. The molecule has 3 rings (SSSR count). The van der Waals surface area contributed by atoms with Crippen LogP contribution in [-0.2, 0) is 5.41 Å². The molecule has 0 radical (unpaired) electrons. The molecule has 0 aromatic heterocycles. The molecule has 0 saturated carbocycles. The number of hydrogen-bond acceptors (Lipinski definition) is 2. The maximum Gasteiger partial charge on any atom is 0.253 e. The molecule has 2 N–H and O–H groups in total. The average molecular weight is 336 g/mol. The van der Waals surface area contributed by atoms with E-state index in [1.807, 2.05) is 35.2 Å². The van der Waals surface area contributed by atoms with Crippen LogP contribution in [0.3, 0.4) is 0 Å². The molecule has 3 nitrogen and oxygen atoms in total. The molecule has 1 fully saturated rings. The Morgan fingerprint density at radius 2 is 1.64 bits per heavy atom. The van der Waals surface area contributed by atoms with Gasteiger partial charge in [-0.2, -0.15) is 0 Å². The Balaban J connectivity index is 1.78. The van der Waals surface area contributed by atoms with Crippen molar-refractivity contribution in [1.82, 2.24) is 4.90 Å². The van der Waals surface area contributed by atoms with Gasteiger partial charge in [0, 0.05) is 30.6 Å². The topological polar surface area (TPSA) is 46.3 Å². The van der Waals surface area contributed by atoms with Gasteiger partial charge in [0.2, 0.25) is 0 Å². The molecule has 1 heterocycles. The van der Waals surface area contributed by atoms with Crippen molar-refractivity contribution in [3.8, 4) is 0 Å². The number of carbonyl (C=O) groups is 1. The second-order valence-electron chi connectivity index (χ2n) is 8.14. The largest absolute Gasteiger partial charge is 0.336 e. The average Bonchev–Trinajstić information content (AvgIpc) is 2.60. The maximum atomic E-state index is 12.8. The number of hydrogen-bond donors (Lipinski definition) is 1. The standard InChI is InChI=1S/C22H28N2O/c1-22(2,3)19-11-9-16(10-12-19)18-13-20(23)15-24(14-18)21(25)17-7-5-4-6-8-17/h4-12,18,20H,13-15,23H2,1-3H3. The summed E-state index contributed by atoms with van der Waals surface area (Å²) in [5.74, 6) is 0.373. The zero-order chi connectivity index (χ0) is 18.0. The second-order valence-corrected chi connectivity index (χ2v) is 8.14. The second kappa shape index (κ2) is 7.01. The van der Waals surface area contributed by atoms with E-state index in [1.165, 1.54) is 11.1 Å². The van der Waals surface area contributed by atoms with Crippen LogP contribution in [0.2, 0.25) is 0 Å². The van der Waals surface area contributed by atoms with Gasteiger partial charge in [-0.15, -0.1) is 0 Å². The van der Waals surface area contributed by atoms with Crippen LogP contribution < -0.4 is 5.73 Å². The number of nitrogens with zero attached hydrogens (tertiary/aromatic N) is 1. The van der Waals surface area contributed by atoms with E-state index in [9.17, 15) is 4.79 Å². The minimum Gasteiger partial charge on any atom is -0.336 e. The molecule has 0 spiro atoms. The number of benzene rings is 2. The lowest BCUT2D eigenvalue weighted by Gasteiger charge is -2.37. The van der Waals surface area contributed by atoms with Crippen LogP contribution in [0.25, 0.3) is 0 Å². The monoisotopic (exact) mass is 336 g/mol. The highest BCUT2D eigenvalue weighted by Gasteiger charge is 2.29. The SMILES string of the molecule is CC(C)(C)c1ccc(C2CC(N)CN(C(=O)c3ccccc3)C2)cc1. The third kappa shape index (κ3) is 4.10. The van der Waals surface area contributed by atoms with E-state index in [1.54, 1.807) is 0 Å². The molecular formula is C22H28N2O. The highest BCUT2D eigenvalue weighted by Crippen LogP contribution is 2.30. The molecule has 1 aliphatic heterocycles. The zero-order valence-corrected chi connectivity index (χ0v) is 15.4. The van der Waals surface area contributed by atoms with Crippen LogP contribution in [-0.4, -0.2) is 29.9 Å². The van der Waals surface area contributed by atoms with Crippen molar-refractivity contribution in [2.24, 2.45) is 5.73 Å². The highest BCUT2D eigenvalue weighted by atomic mass is 16.2. The summed E-state index contributed by atoms with van der Waals surface area (Å²) in [6.45, 7) is 8.02. The first-order valence-corrected chi connectivity index (χ1v) is 9.05. The third-order valence-electron chi connectivity index (χ3n) is 5.04. The fourth-order valence-corrected chi connectivity index (χ4v) is 3.56. The Labute approximate surface area is 150 Å². The van der Waals surface area contributed by atoms with Crippen LogP contribution in [0.4, 0.5) is 0 Å². The van der Waals surface area contributed by atoms with Gasteiger partial charge in [-0.3, -0.25) is 4.79 Å². The number of carbonyl (C=O) groups excluding carboxylic acids is 1. The summed E-state index contributed by atoms with van der Waals surface area (Å²) in [6, 6.07) is 18.3. The summed E-state index contributed by atoms with van der Waals surface area (Å²) in [5, 5.41) is 0. The zero-order valence-electron chi connectivity index (χ0n) is 15.4. The van der Waals surface area contributed by atoms with E-state index in [2.05, 4.69) is 45.0 Å². The van der Waals surface area contributed by atoms with Gasteiger partial charge in [0.15, 0.2) is 0 Å². The smallest absolute Gasteiger partial charge is 0.253 e. The van der Waals surface area contributed by atoms with Crippen molar-refractivity contribution in [2.45, 2.75) is 44.6 Å². The highest BCUT2D eigenvalue weighted by molar-refractivity contribution is 5.94. The Hall–Kier alpha value is -2.13. The van der Waals surface area contributed by atoms with Crippen molar-refractivity contribution in [1.29, 1.82) is 0 Å². The minimum atomic E-state index is 0.0219. The summed E-state index contributed by atoms with van der Waals surface area (Å²) < 4.78 is 0. The Bertz CT molecular complexity index is 716. The molecule has 1 aliphatic rings.